The lowest BCUT2D eigenvalue weighted by molar-refractivity contribution is 0.616. The normalized spacial score (nSPS) is 10.0. The van der Waals surface area contributed by atoms with Gasteiger partial charge in [0.15, 0.2) is 0 Å². The van der Waals surface area contributed by atoms with Gasteiger partial charge in [-0.15, -0.1) is 4.48 Å². The Bertz CT molecular complexity index is 299. The molecule has 0 atom stereocenters. The molecule has 0 spiro atoms. The summed E-state index contributed by atoms with van der Waals surface area (Å²) in [6, 6.07) is 5.75. The van der Waals surface area contributed by atoms with E-state index in [-0.39, 0.29) is 0 Å². The van der Waals surface area contributed by atoms with Crippen molar-refractivity contribution in [2.45, 2.75) is 20.3 Å². The first-order chi connectivity index (χ1) is 6.69. The van der Waals surface area contributed by atoms with Crippen LogP contribution in [-0.2, 0) is 0 Å². The van der Waals surface area contributed by atoms with Crippen molar-refractivity contribution in [1.82, 2.24) is 0 Å². The Balaban J connectivity index is 2.88. The monoisotopic (exact) mass is 196 g/mol. The molecule has 0 saturated carbocycles. The number of hydrogen-bond donors (Lipinski definition) is 1. The lowest BCUT2D eigenvalue weighted by Gasteiger charge is -2.19. The zero-order valence-electron chi connectivity index (χ0n) is 8.97. The molecule has 0 fully saturated rings. The molecule has 0 aliphatic carbocycles. The van der Waals surface area contributed by atoms with Crippen LogP contribution in [0.1, 0.15) is 18.9 Å². The molecule has 1 aromatic rings. The van der Waals surface area contributed by atoms with Gasteiger partial charge in [-0.25, -0.2) is 5.54 Å². The Labute approximate surface area is 84.7 Å². The summed E-state index contributed by atoms with van der Waals surface area (Å²) in [6.45, 7) is 4.99. The van der Waals surface area contributed by atoms with E-state index in [4.69, 9.17) is 0 Å². The molecule has 78 valence electrons. The SMILES string of the molecule is CCCN(C)c1ccc(C)c(NF)c1. The lowest BCUT2D eigenvalue weighted by atomic mass is 10.2. The predicted octanol–water partition coefficient (Wildman–Crippen LogP) is 3.14. The second-order valence-electron chi connectivity index (χ2n) is 3.52. The second-order valence-corrected chi connectivity index (χ2v) is 3.52. The van der Waals surface area contributed by atoms with Crippen LogP contribution in [0.3, 0.4) is 0 Å². The van der Waals surface area contributed by atoms with Gasteiger partial charge in [-0.1, -0.05) is 13.0 Å². The van der Waals surface area contributed by atoms with Gasteiger partial charge in [-0.3, -0.25) is 0 Å². The minimum Gasteiger partial charge on any atom is -0.375 e. The van der Waals surface area contributed by atoms with Crippen LogP contribution in [0.25, 0.3) is 0 Å². The highest BCUT2D eigenvalue weighted by atomic mass is 19.2. The number of anilines is 2. The van der Waals surface area contributed by atoms with E-state index in [9.17, 15) is 4.48 Å². The summed E-state index contributed by atoms with van der Waals surface area (Å²) < 4.78 is 12.3. The van der Waals surface area contributed by atoms with Gasteiger partial charge in [0.1, 0.15) is 0 Å². The fourth-order valence-corrected chi connectivity index (χ4v) is 1.41. The number of hydrogen-bond acceptors (Lipinski definition) is 2. The maximum Gasteiger partial charge on any atom is 0.0705 e. The highest BCUT2D eigenvalue weighted by molar-refractivity contribution is 5.60. The van der Waals surface area contributed by atoms with Crippen LogP contribution in [0.4, 0.5) is 15.9 Å². The molecule has 1 aromatic carbocycles. The number of halogens is 1. The lowest BCUT2D eigenvalue weighted by Crippen LogP contribution is -2.17. The van der Waals surface area contributed by atoms with E-state index in [0.717, 1.165) is 24.2 Å². The molecule has 2 nitrogen and oxygen atoms in total. The van der Waals surface area contributed by atoms with Gasteiger partial charge >= 0.3 is 0 Å². The molecule has 14 heavy (non-hydrogen) atoms. The molecule has 1 rings (SSSR count). The largest absolute Gasteiger partial charge is 0.375 e. The van der Waals surface area contributed by atoms with E-state index < -0.39 is 0 Å². The third-order valence-corrected chi connectivity index (χ3v) is 2.32. The topological polar surface area (TPSA) is 15.3 Å². The molecule has 0 radical (unpaired) electrons. The van der Waals surface area contributed by atoms with Crippen LogP contribution in [-0.4, -0.2) is 13.6 Å². The first-order valence-corrected chi connectivity index (χ1v) is 4.87. The van der Waals surface area contributed by atoms with Crippen LogP contribution in [0.5, 0.6) is 0 Å². The van der Waals surface area contributed by atoms with Crippen molar-refractivity contribution in [1.29, 1.82) is 0 Å². The first kappa shape index (κ1) is 10.8. The molecule has 0 aliphatic rings. The molecule has 0 bridgehead atoms. The van der Waals surface area contributed by atoms with E-state index in [0.29, 0.717) is 5.69 Å². The van der Waals surface area contributed by atoms with Crippen molar-refractivity contribution in [3.63, 3.8) is 0 Å². The summed E-state index contributed by atoms with van der Waals surface area (Å²) in [5.74, 6) is 0. The summed E-state index contributed by atoms with van der Waals surface area (Å²) in [5.41, 5.74) is 4.21. The third kappa shape index (κ3) is 2.37. The number of nitrogens with zero attached hydrogens (tertiary/aromatic N) is 1. The zero-order valence-corrected chi connectivity index (χ0v) is 8.97. The van der Waals surface area contributed by atoms with E-state index in [1.807, 2.05) is 32.2 Å². The minimum atomic E-state index is 0.547. The first-order valence-electron chi connectivity index (χ1n) is 4.87. The predicted molar refractivity (Wildman–Crippen MR) is 59.5 cm³/mol. The molecule has 0 saturated heterocycles. The standard InChI is InChI=1S/C11H17FN2/c1-4-7-14(3)10-6-5-9(2)11(8-10)13-12/h5-6,8,13H,4,7H2,1-3H3. The maximum atomic E-state index is 12.3. The quantitative estimate of drug-likeness (QED) is 0.744. The van der Waals surface area contributed by atoms with Crippen molar-refractivity contribution in [3.05, 3.63) is 23.8 Å². The molecule has 0 aromatic heterocycles. The third-order valence-electron chi connectivity index (χ3n) is 2.32. The molecule has 1 N–H and O–H groups in total. The molecular formula is C11H17FN2. The molecular weight excluding hydrogens is 179 g/mol. The van der Waals surface area contributed by atoms with Gasteiger partial charge in [0.25, 0.3) is 0 Å². The van der Waals surface area contributed by atoms with Crippen molar-refractivity contribution in [2.24, 2.45) is 0 Å². The average Bonchev–Trinajstić information content (AvgIpc) is 2.19. The van der Waals surface area contributed by atoms with E-state index >= 15 is 0 Å². The van der Waals surface area contributed by atoms with Crippen molar-refractivity contribution in [3.8, 4) is 0 Å². The Morgan fingerprint density at radius 3 is 2.71 bits per heavy atom. The van der Waals surface area contributed by atoms with Gasteiger partial charge in [0, 0.05) is 19.3 Å². The van der Waals surface area contributed by atoms with Gasteiger partial charge < -0.3 is 4.90 Å². The van der Waals surface area contributed by atoms with Gasteiger partial charge in [-0.2, -0.15) is 0 Å². The number of rotatable bonds is 4. The molecule has 0 amide bonds. The van der Waals surface area contributed by atoms with Crippen LogP contribution in [0.2, 0.25) is 0 Å². The Hall–Kier alpha value is -1.25. The van der Waals surface area contributed by atoms with Gasteiger partial charge in [0.2, 0.25) is 0 Å². The molecule has 0 heterocycles. The number of aryl methyl sites for hydroxylation is 1. The highest BCUT2D eigenvalue weighted by Gasteiger charge is 2.03. The van der Waals surface area contributed by atoms with Crippen molar-refractivity contribution < 1.29 is 4.48 Å². The highest BCUT2D eigenvalue weighted by Crippen LogP contribution is 2.22. The minimum absolute atomic E-state index is 0.547. The van der Waals surface area contributed by atoms with Crippen LogP contribution < -0.4 is 10.4 Å². The van der Waals surface area contributed by atoms with Gasteiger partial charge in [-0.05, 0) is 31.0 Å². The van der Waals surface area contributed by atoms with Gasteiger partial charge in [0.05, 0.1) is 5.69 Å². The Kier molecular flexibility index (Phi) is 3.74. The average molecular weight is 196 g/mol. The summed E-state index contributed by atoms with van der Waals surface area (Å²) in [6.07, 6.45) is 1.09. The zero-order chi connectivity index (χ0) is 10.6. The Morgan fingerprint density at radius 2 is 2.14 bits per heavy atom. The summed E-state index contributed by atoms with van der Waals surface area (Å²) in [5, 5.41) is 0. The second kappa shape index (κ2) is 4.84. The maximum absolute atomic E-state index is 12.3. The van der Waals surface area contributed by atoms with Crippen LogP contribution in [0.15, 0.2) is 18.2 Å². The molecule has 0 unspecified atom stereocenters. The number of nitrogens with one attached hydrogen (secondary N) is 1. The van der Waals surface area contributed by atoms with E-state index in [1.54, 1.807) is 5.54 Å². The van der Waals surface area contributed by atoms with Crippen LogP contribution in [0, 0.1) is 6.92 Å². The fraction of sp³-hybridized carbons (Fsp3) is 0.455. The summed E-state index contributed by atoms with van der Waals surface area (Å²) in [4.78, 5) is 2.11. The molecule has 3 heteroatoms. The smallest absolute Gasteiger partial charge is 0.0705 e. The Morgan fingerprint density at radius 1 is 1.43 bits per heavy atom. The van der Waals surface area contributed by atoms with Crippen molar-refractivity contribution in [2.75, 3.05) is 24.0 Å². The van der Waals surface area contributed by atoms with E-state index in [1.165, 1.54) is 0 Å². The van der Waals surface area contributed by atoms with E-state index in [2.05, 4.69) is 11.8 Å². The fourth-order valence-electron chi connectivity index (χ4n) is 1.41. The summed E-state index contributed by atoms with van der Waals surface area (Å²) >= 11 is 0. The van der Waals surface area contributed by atoms with Crippen molar-refractivity contribution >= 4 is 11.4 Å². The molecule has 0 aliphatic heterocycles. The van der Waals surface area contributed by atoms with Crippen LogP contribution >= 0.6 is 0 Å². The number of benzene rings is 1. The summed E-state index contributed by atoms with van der Waals surface area (Å²) in [7, 11) is 2.01.